The lowest BCUT2D eigenvalue weighted by Gasteiger charge is -2.25. The largest absolute Gasteiger partial charge is 0.465 e. The summed E-state index contributed by atoms with van der Waals surface area (Å²) in [6, 6.07) is 6.21. The molecular weight excluding hydrogens is 332 g/mol. The number of carbonyl (C=O) groups is 2. The van der Waals surface area contributed by atoms with Crippen LogP contribution in [-0.2, 0) is 19.6 Å². The first-order valence-electron chi connectivity index (χ1n) is 7.88. The number of carbonyl (C=O) groups excluding carboxylic acids is 2. The van der Waals surface area contributed by atoms with Crippen LogP contribution >= 0.6 is 0 Å². The second kappa shape index (κ2) is 8.25. The molecule has 132 valence electrons. The second-order valence-electron chi connectivity index (χ2n) is 5.64. The van der Waals surface area contributed by atoms with E-state index >= 15 is 0 Å². The molecule has 0 unspecified atom stereocenters. The molecule has 0 saturated carbocycles. The minimum absolute atomic E-state index is 0.0996. The quantitative estimate of drug-likeness (QED) is 0.784. The van der Waals surface area contributed by atoms with E-state index in [1.807, 2.05) is 0 Å². The number of amides is 1. The van der Waals surface area contributed by atoms with Crippen molar-refractivity contribution in [3.8, 4) is 0 Å². The summed E-state index contributed by atoms with van der Waals surface area (Å²) in [5, 5.41) is 2.63. The lowest BCUT2D eigenvalue weighted by Crippen LogP contribution is -2.37. The van der Waals surface area contributed by atoms with Gasteiger partial charge >= 0.3 is 5.97 Å². The highest BCUT2D eigenvalue weighted by atomic mass is 32.2. The number of hydrogen-bond acceptors (Lipinski definition) is 5. The number of sulfonamides is 1. The van der Waals surface area contributed by atoms with Crippen molar-refractivity contribution in [3.05, 3.63) is 29.8 Å². The van der Waals surface area contributed by atoms with Gasteiger partial charge in [-0.3, -0.25) is 4.79 Å². The molecule has 0 atom stereocenters. The fourth-order valence-corrected chi connectivity index (χ4v) is 4.04. The normalized spacial score (nSPS) is 15.7. The van der Waals surface area contributed by atoms with Crippen molar-refractivity contribution in [1.29, 1.82) is 0 Å². The lowest BCUT2D eigenvalue weighted by atomic mass is 10.2. The van der Waals surface area contributed by atoms with E-state index in [1.165, 1.54) is 23.5 Å². The first kappa shape index (κ1) is 18.4. The average molecular weight is 354 g/mol. The van der Waals surface area contributed by atoms with Gasteiger partial charge in [0.05, 0.1) is 18.4 Å². The van der Waals surface area contributed by atoms with E-state index < -0.39 is 16.0 Å². The molecule has 1 fully saturated rings. The van der Waals surface area contributed by atoms with Crippen molar-refractivity contribution in [2.75, 3.05) is 31.3 Å². The van der Waals surface area contributed by atoms with Gasteiger partial charge in [-0.2, -0.15) is 0 Å². The maximum absolute atomic E-state index is 12.2. The first-order chi connectivity index (χ1) is 11.4. The number of piperidine rings is 1. The SMILES string of the molecule is COC(=O)c1ccc(NC(=O)CCS(=O)(=O)N2CCCCC2)cc1. The van der Waals surface area contributed by atoms with E-state index in [9.17, 15) is 18.0 Å². The summed E-state index contributed by atoms with van der Waals surface area (Å²) < 4.78 is 30.4. The van der Waals surface area contributed by atoms with E-state index in [4.69, 9.17) is 0 Å². The molecule has 2 rings (SSSR count). The molecule has 0 radical (unpaired) electrons. The Bertz CT molecular complexity index is 679. The fourth-order valence-electron chi connectivity index (χ4n) is 2.52. The van der Waals surface area contributed by atoms with Crippen LogP contribution < -0.4 is 5.32 Å². The Hall–Kier alpha value is -1.93. The summed E-state index contributed by atoms with van der Waals surface area (Å²) in [6.45, 7) is 1.08. The number of nitrogens with one attached hydrogen (secondary N) is 1. The Morgan fingerprint density at radius 2 is 1.75 bits per heavy atom. The fraction of sp³-hybridized carbons (Fsp3) is 0.500. The van der Waals surface area contributed by atoms with Gasteiger partial charge in [-0.25, -0.2) is 17.5 Å². The molecule has 0 aromatic heterocycles. The maximum atomic E-state index is 12.2. The van der Waals surface area contributed by atoms with Crippen molar-refractivity contribution < 1.29 is 22.7 Å². The molecule has 7 nitrogen and oxygen atoms in total. The molecule has 1 aliphatic rings. The first-order valence-corrected chi connectivity index (χ1v) is 9.49. The third kappa shape index (κ3) is 5.04. The van der Waals surface area contributed by atoms with Crippen molar-refractivity contribution in [3.63, 3.8) is 0 Å². The van der Waals surface area contributed by atoms with Gasteiger partial charge in [0.15, 0.2) is 0 Å². The molecule has 1 N–H and O–H groups in total. The van der Waals surface area contributed by atoms with Crippen LogP contribution in [0.1, 0.15) is 36.0 Å². The molecule has 0 bridgehead atoms. The van der Waals surface area contributed by atoms with Gasteiger partial charge in [0, 0.05) is 25.2 Å². The number of anilines is 1. The van der Waals surface area contributed by atoms with E-state index in [1.54, 1.807) is 12.1 Å². The summed E-state index contributed by atoms with van der Waals surface area (Å²) in [6.07, 6.45) is 2.70. The van der Waals surface area contributed by atoms with Gasteiger partial charge in [-0.15, -0.1) is 0 Å². The molecule has 1 saturated heterocycles. The van der Waals surface area contributed by atoms with E-state index in [0.29, 0.717) is 24.3 Å². The van der Waals surface area contributed by atoms with Gasteiger partial charge in [0.1, 0.15) is 0 Å². The van der Waals surface area contributed by atoms with Gasteiger partial charge in [0.2, 0.25) is 15.9 Å². The molecule has 1 aromatic carbocycles. The van der Waals surface area contributed by atoms with Crippen LogP contribution in [0.15, 0.2) is 24.3 Å². The van der Waals surface area contributed by atoms with Crippen LogP contribution in [0, 0.1) is 0 Å². The number of benzene rings is 1. The predicted octanol–water partition coefficient (Wildman–Crippen LogP) is 1.62. The molecule has 8 heteroatoms. The van der Waals surface area contributed by atoms with Crippen LogP contribution in [0.25, 0.3) is 0 Å². The Balaban J connectivity index is 1.85. The molecule has 1 amide bonds. The summed E-state index contributed by atoms with van der Waals surface area (Å²) in [4.78, 5) is 23.3. The van der Waals surface area contributed by atoms with E-state index in [-0.39, 0.29) is 18.1 Å². The van der Waals surface area contributed by atoms with Crippen LogP contribution in [0.2, 0.25) is 0 Å². The Labute approximate surface area is 142 Å². The average Bonchev–Trinajstić information content (AvgIpc) is 2.61. The summed E-state index contributed by atoms with van der Waals surface area (Å²) in [5.41, 5.74) is 0.881. The number of esters is 1. The topological polar surface area (TPSA) is 92.8 Å². The minimum atomic E-state index is -3.38. The second-order valence-corrected chi connectivity index (χ2v) is 7.73. The number of nitrogens with zero attached hydrogens (tertiary/aromatic N) is 1. The Morgan fingerprint density at radius 1 is 1.12 bits per heavy atom. The van der Waals surface area contributed by atoms with Crippen LogP contribution in [0.4, 0.5) is 5.69 Å². The smallest absolute Gasteiger partial charge is 0.337 e. The maximum Gasteiger partial charge on any atom is 0.337 e. The number of rotatable bonds is 6. The van der Waals surface area contributed by atoms with Crippen molar-refractivity contribution in [2.45, 2.75) is 25.7 Å². The Morgan fingerprint density at radius 3 is 2.33 bits per heavy atom. The molecular formula is C16H22N2O5S. The number of hydrogen-bond donors (Lipinski definition) is 1. The van der Waals surface area contributed by atoms with Crippen molar-refractivity contribution >= 4 is 27.6 Å². The zero-order valence-electron chi connectivity index (χ0n) is 13.7. The highest BCUT2D eigenvalue weighted by Gasteiger charge is 2.24. The van der Waals surface area contributed by atoms with Gasteiger partial charge < -0.3 is 10.1 Å². The van der Waals surface area contributed by atoms with Crippen molar-refractivity contribution in [1.82, 2.24) is 4.31 Å². The molecule has 1 heterocycles. The van der Waals surface area contributed by atoms with Crippen LogP contribution in [-0.4, -0.2) is 50.6 Å². The molecule has 1 aromatic rings. The summed E-state index contributed by atoms with van der Waals surface area (Å²) in [7, 11) is -2.09. The van der Waals surface area contributed by atoms with E-state index in [2.05, 4.69) is 10.1 Å². The lowest BCUT2D eigenvalue weighted by molar-refractivity contribution is -0.115. The molecule has 0 aliphatic carbocycles. The van der Waals surface area contributed by atoms with E-state index in [0.717, 1.165) is 19.3 Å². The van der Waals surface area contributed by atoms with Gasteiger partial charge in [0.25, 0.3) is 0 Å². The van der Waals surface area contributed by atoms with Gasteiger partial charge in [-0.1, -0.05) is 6.42 Å². The van der Waals surface area contributed by atoms with Gasteiger partial charge in [-0.05, 0) is 37.1 Å². The number of methoxy groups -OCH3 is 1. The summed E-state index contributed by atoms with van der Waals surface area (Å²) >= 11 is 0. The Kier molecular flexibility index (Phi) is 6.33. The predicted molar refractivity (Wildman–Crippen MR) is 90.2 cm³/mol. The third-order valence-electron chi connectivity index (χ3n) is 3.89. The third-order valence-corrected chi connectivity index (χ3v) is 5.76. The van der Waals surface area contributed by atoms with Crippen molar-refractivity contribution in [2.24, 2.45) is 0 Å². The highest BCUT2D eigenvalue weighted by Crippen LogP contribution is 2.15. The standard InChI is InChI=1S/C16H22N2O5S/c1-23-16(20)13-5-7-14(8-6-13)17-15(19)9-12-24(21,22)18-10-3-2-4-11-18/h5-8H,2-4,9-12H2,1H3,(H,17,19). The number of ether oxygens (including phenoxy) is 1. The molecule has 1 aliphatic heterocycles. The summed E-state index contributed by atoms with van der Waals surface area (Å²) in [5.74, 6) is -1.03. The highest BCUT2D eigenvalue weighted by molar-refractivity contribution is 7.89. The zero-order chi connectivity index (χ0) is 17.6. The van der Waals surface area contributed by atoms with Crippen LogP contribution in [0.5, 0.6) is 0 Å². The monoisotopic (exact) mass is 354 g/mol. The minimum Gasteiger partial charge on any atom is -0.465 e. The molecule has 24 heavy (non-hydrogen) atoms. The van der Waals surface area contributed by atoms with Crippen LogP contribution in [0.3, 0.4) is 0 Å². The zero-order valence-corrected chi connectivity index (χ0v) is 14.5. The molecule has 0 spiro atoms.